The van der Waals surface area contributed by atoms with E-state index in [-0.39, 0.29) is 23.0 Å². The largest absolute Gasteiger partial charge is 0.492 e. The Balaban J connectivity index is 1.41. The second kappa shape index (κ2) is 9.55. The van der Waals surface area contributed by atoms with Gasteiger partial charge in [0.05, 0.1) is 19.4 Å². The van der Waals surface area contributed by atoms with E-state index in [0.717, 1.165) is 10.9 Å². The highest BCUT2D eigenvalue weighted by atomic mass is 32.1. The molecule has 5 rings (SSSR count). The number of nitrogens with zero attached hydrogens (tertiary/aromatic N) is 2. The summed E-state index contributed by atoms with van der Waals surface area (Å²) in [6.07, 6.45) is 4.96. The minimum Gasteiger partial charge on any atom is -0.492 e. The SMILES string of the molecule is O=C1NC(=S)N(Cc2ccco2)C(=O)C1=Cc1cn(CCOc2ccc(F)cc2)c2ccccc12. The fraction of sp³-hybridized carbons (Fsp3) is 0.115. The highest BCUT2D eigenvalue weighted by Gasteiger charge is 2.34. The molecule has 0 saturated carbocycles. The van der Waals surface area contributed by atoms with E-state index >= 15 is 0 Å². The van der Waals surface area contributed by atoms with Gasteiger partial charge in [0.15, 0.2) is 5.11 Å². The van der Waals surface area contributed by atoms with Gasteiger partial charge in [-0.1, -0.05) is 18.2 Å². The number of fused-ring (bicyclic) bond motifs is 1. The summed E-state index contributed by atoms with van der Waals surface area (Å²) in [4.78, 5) is 27.2. The van der Waals surface area contributed by atoms with Gasteiger partial charge in [-0.3, -0.25) is 19.8 Å². The predicted molar refractivity (Wildman–Crippen MR) is 132 cm³/mol. The van der Waals surface area contributed by atoms with E-state index in [2.05, 4.69) is 5.32 Å². The molecule has 1 fully saturated rings. The highest BCUT2D eigenvalue weighted by molar-refractivity contribution is 7.80. The zero-order valence-corrected chi connectivity index (χ0v) is 19.3. The minimum absolute atomic E-state index is 0.0179. The number of carbonyl (C=O) groups excluding carboxylic acids is 2. The summed E-state index contributed by atoms with van der Waals surface area (Å²) in [6, 6.07) is 17.0. The smallest absolute Gasteiger partial charge is 0.266 e. The number of para-hydroxylation sites is 1. The molecular weight excluding hydrogens is 469 g/mol. The molecule has 0 aliphatic carbocycles. The van der Waals surface area contributed by atoms with Crippen LogP contribution in [0.25, 0.3) is 17.0 Å². The fourth-order valence-corrected chi connectivity index (χ4v) is 4.16. The van der Waals surface area contributed by atoms with E-state index in [4.69, 9.17) is 21.4 Å². The van der Waals surface area contributed by atoms with Crippen molar-refractivity contribution in [3.05, 3.63) is 95.8 Å². The minimum atomic E-state index is -0.549. The monoisotopic (exact) mass is 489 g/mol. The van der Waals surface area contributed by atoms with Gasteiger partial charge < -0.3 is 13.7 Å². The zero-order valence-electron chi connectivity index (χ0n) is 18.4. The van der Waals surface area contributed by atoms with Crippen LogP contribution in [0.3, 0.4) is 0 Å². The summed E-state index contributed by atoms with van der Waals surface area (Å²) < 4.78 is 26.2. The maximum atomic E-state index is 13.2. The number of halogens is 1. The Kier molecular flexibility index (Phi) is 6.15. The lowest BCUT2D eigenvalue weighted by Gasteiger charge is -2.28. The molecule has 4 aromatic rings. The van der Waals surface area contributed by atoms with E-state index in [1.54, 1.807) is 30.3 Å². The van der Waals surface area contributed by atoms with E-state index in [0.29, 0.717) is 30.2 Å². The van der Waals surface area contributed by atoms with Crippen molar-refractivity contribution in [3.63, 3.8) is 0 Å². The zero-order chi connectivity index (χ0) is 24.4. The Bertz CT molecular complexity index is 1440. The highest BCUT2D eigenvalue weighted by Crippen LogP contribution is 2.25. The lowest BCUT2D eigenvalue weighted by atomic mass is 10.1. The van der Waals surface area contributed by atoms with Crippen molar-refractivity contribution in [2.45, 2.75) is 13.1 Å². The molecule has 1 aliphatic rings. The van der Waals surface area contributed by atoms with Crippen LogP contribution in [0.2, 0.25) is 0 Å². The summed E-state index contributed by atoms with van der Waals surface area (Å²) in [6.45, 7) is 0.978. The summed E-state index contributed by atoms with van der Waals surface area (Å²) >= 11 is 5.21. The average molecular weight is 490 g/mol. The second-order valence-electron chi connectivity index (χ2n) is 7.89. The number of nitrogens with one attached hydrogen (secondary N) is 1. The van der Waals surface area contributed by atoms with Crippen LogP contribution in [0.15, 0.2) is 83.1 Å². The quantitative estimate of drug-likeness (QED) is 0.238. The molecule has 2 aromatic heterocycles. The summed E-state index contributed by atoms with van der Waals surface area (Å²) in [5.41, 5.74) is 1.62. The number of amides is 2. The Morgan fingerprint density at radius 1 is 1.06 bits per heavy atom. The molecule has 7 nitrogen and oxygen atoms in total. The number of aromatic nitrogens is 1. The third-order valence-electron chi connectivity index (χ3n) is 5.61. The first-order chi connectivity index (χ1) is 17.0. The van der Waals surface area contributed by atoms with E-state index < -0.39 is 11.8 Å². The topological polar surface area (TPSA) is 76.7 Å². The van der Waals surface area contributed by atoms with Gasteiger partial charge in [0, 0.05) is 22.7 Å². The molecule has 0 bridgehead atoms. The maximum absolute atomic E-state index is 13.2. The van der Waals surface area contributed by atoms with Crippen LogP contribution in [0.5, 0.6) is 5.75 Å². The van der Waals surface area contributed by atoms with Crippen LogP contribution < -0.4 is 10.1 Å². The molecule has 0 radical (unpaired) electrons. The van der Waals surface area contributed by atoms with Gasteiger partial charge in [0.1, 0.15) is 29.5 Å². The number of carbonyl (C=O) groups is 2. The molecule has 0 unspecified atom stereocenters. The molecule has 35 heavy (non-hydrogen) atoms. The van der Waals surface area contributed by atoms with E-state index in [9.17, 15) is 14.0 Å². The molecule has 0 spiro atoms. The summed E-state index contributed by atoms with van der Waals surface area (Å²) in [7, 11) is 0. The third-order valence-corrected chi connectivity index (χ3v) is 5.94. The first kappa shape index (κ1) is 22.5. The van der Waals surface area contributed by atoms with Crippen molar-refractivity contribution in [1.82, 2.24) is 14.8 Å². The molecule has 3 heterocycles. The van der Waals surface area contributed by atoms with Crippen LogP contribution in [-0.2, 0) is 22.7 Å². The number of ether oxygens (including phenoxy) is 1. The van der Waals surface area contributed by atoms with E-state index in [1.165, 1.54) is 23.3 Å². The fourth-order valence-electron chi connectivity index (χ4n) is 3.92. The standard InChI is InChI=1S/C26H20FN3O4S/c27-18-7-9-19(10-8-18)34-13-11-29-15-17(21-5-1-2-6-23(21)29)14-22-24(31)28-26(35)30(25(22)32)16-20-4-3-12-33-20/h1-10,12,14-15H,11,13,16H2,(H,28,31,35). The molecule has 1 aliphatic heterocycles. The Morgan fingerprint density at radius 2 is 1.86 bits per heavy atom. The summed E-state index contributed by atoms with van der Waals surface area (Å²) in [5.74, 6) is -0.244. The van der Waals surface area contributed by atoms with Crippen molar-refractivity contribution in [2.75, 3.05) is 6.61 Å². The average Bonchev–Trinajstić information content (AvgIpc) is 3.49. The Hall–Kier alpha value is -4.24. The van der Waals surface area contributed by atoms with Crippen molar-refractivity contribution in [2.24, 2.45) is 0 Å². The number of rotatable bonds is 7. The lowest BCUT2D eigenvalue weighted by molar-refractivity contribution is -0.129. The number of furan rings is 1. The van der Waals surface area contributed by atoms with Gasteiger partial charge in [0.25, 0.3) is 11.8 Å². The van der Waals surface area contributed by atoms with Gasteiger partial charge in [-0.25, -0.2) is 4.39 Å². The van der Waals surface area contributed by atoms with Gasteiger partial charge in [-0.05, 0) is 60.8 Å². The van der Waals surface area contributed by atoms with E-state index in [1.807, 2.05) is 35.0 Å². The van der Waals surface area contributed by atoms with Gasteiger partial charge in [-0.15, -0.1) is 0 Å². The number of thiocarbonyl (C=S) groups is 1. The maximum Gasteiger partial charge on any atom is 0.266 e. The third kappa shape index (κ3) is 4.71. The van der Waals surface area contributed by atoms with Crippen molar-refractivity contribution >= 4 is 46.1 Å². The normalized spacial score (nSPS) is 15.2. The van der Waals surface area contributed by atoms with Crippen LogP contribution in [0.1, 0.15) is 11.3 Å². The molecule has 9 heteroatoms. The molecule has 0 atom stereocenters. The van der Waals surface area contributed by atoms with Crippen LogP contribution in [-0.4, -0.2) is 33.0 Å². The first-order valence-corrected chi connectivity index (χ1v) is 11.3. The van der Waals surface area contributed by atoms with Gasteiger partial charge in [0.2, 0.25) is 0 Å². The van der Waals surface area contributed by atoms with Gasteiger partial charge in [-0.2, -0.15) is 0 Å². The van der Waals surface area contributed by atoms with Crippen LogP contribution in [0.4, 0.5) is 4.39 Å². The van der Waals surface area contributed by atoms with Crippen LogP contribution in [0, 0.1) is 5.82 Å². The Labute approximate surface area is 205 Å². The molecule has 2 aromatic carbocycles. The number of hydrogen-bond acceptors (Lipinski definition) is 5. The Morgan fingerprint density at radius 3 is 2.63 bits per heavy atom. The molecule has 1 N–H and O–H groups in total. The second-order valence-corrected chi connectivity index (χ2v) is 8.27. The molecule has 1 saturated heterocycles. The summed E-state index contributed by atoms with van der Waals surface area (Å²) in [5, 5.41) is 3.51. The lowest BCUT2D eigenvalue weighted by Crippen LogP contribution is -2.53. The van der Waals surface area contributed by atoms with Crippen molar-refractivity contribution in [1.29, 1.82) is 0 Å². The molecule has 176 valence electrons. The molecule has 2 amide bonds. The van der Waals surface area contributed by atoms with Crippen molar-refractivity contribution in [3.8, 4) is 5.75 Å². The predicted octanol–water partition coefficient (Wildman–Crippen LogP) is 4.28. The van der Waals surface area contributed by atoms with Crippen LogP contribution >= 0.6 is 12.2 Å². The van der Waals surface area contributed by atoms with Crippen molar-refractivity contribution < 1.29 is 23.1 Å². The van der Waals surface area contributed by atoms with Gasteiger partial charge >= 0.3 is 0 Å². The first-order valence-electron chi connectivity index (χ1n) is 10.9. The number of benzene rings is 2. The molecular formula is C26H20FN3O4S. The number of hydrogen-bond donors (Lipinski definition) is 1.